The van der Waals surface area contributed by atoms with Crippen LogP contribution in [-0.2, 0) is 0 Å². The second-order valence-electron chi connectivity index (χ2n) is 1.32. The summed E-state index contributed by atoms with van der Waals surface area (Å²) in [5.74, 6) is 0.0812. The molecule has 0 heterocycles. The van der Waals surface area contributed by atoms with Crippen LogP contribution in [0.5, 0.6) is 0 Å². The number of guanidine groups is 1. The molecule has 0 saturated heterocycles. The fraction of sp³-hybridized carbons (Fsp3) is 0.250. The van der Waals surface area contributed by atoms with Gasteiger partial charge in [-0.3, -0.25) is 0 Å². The average molecular weight is 140 g/mol. The molecule has 10 heavy (non-hydrogen) atoms. The van der Waals surface area contributed by atoms with E-state index in [0.717, 1.165) is 0 Å². The highest BCUT2D eigenvalue weighted by Crippen LogP contribution is 1.69. The number of azide groups is 1. The van der Waals surface area contributed by atoms with Crippen LogP contribution in [0.15, 0.2) is 22.9 Å². The van der Waals surface area contributed by atoms with Gasteiger partial charge in [0.2, 0.25) is 0 Å². The SMILES string of the molecule is C=CCN=C(N)NN=[N+]=[N-]. The van der Waals surface area contributed by atoms with Crippen LogP contribution in [0, 0.1) is 0 Å². The van der Waals surface area contributed by atoms with Gasteiger partial charge in [0.1, 0.15) is 0 Å². The Hall–Kier alpha value is -1.68. The molecule has 0 aliphatic heterocycles. The van der Waals surface area contributed by atoms with E-state index in [1.807, 2.05) is 0 Å². The minimum atomic E-state index is 0.0812. The highest BCUT2D eigenvalue weighted by Gasteiger charge is 1.86. The monoisotopic (exact) mass is 140 g/mol. The molecule has 0 rings (SSSR count). The maximum absolute atomic E-state index is 7.81. The molecule has 0 radical (unpaired) electrons. The van der Waals surface area contributed by atoms with Crippen molar-refractivity contribution in [3.05, 3.63) is 23.1 Å². The number of aliphatic imine (C=N–C) groups is 1. The Morgan fingerprint density at radius 2 is 2.60 bits per heavy atom. The van der Waals surface area contributed by atoms with Crippen molar-refractivity contribution in [3.8, 4) is 0 Å². The first-order valence-electron chi connectivity index (χ1n) is 2.52. The van der Waals surface area contributed by atoms with Crippen LogP contribution >= 0.6 is 0 Å². The van der Waals surface area contributed by atoms with E-state index in [1.165, 1.54) is 0 Å². The number of rotatable bonds is 3. The third kappa shape index (κ3) is 4.48. The summed E-state index contributed by atoms with van der Waals surface area (Å²) in [6, 6.07) is 0. The van der Waals surface area contributed by atoms with Gasteiger partial charge in [-0.15, -0.1) is 12.1 Å². The quantitative estimate of drug-likeness (QED) is 0.112. The Morgan fingerprint density at radius 3 is 3.10 bits per heavy atom. The molecule has 0 aromatic heterocycles. The van der Waals surface area contributed by atoms with Gasteiger partial charge in [-0.1, -0.05) is 6.08 Å². The molecule has 0 aliphatic carbocycles. The van der Waals surface area contributed by atoms with Crippen molar-refractivity contribution in [2.75, 3.05) is 6.54 Å². The molecule has 0 spiro atoms. The van der Waals surface area contributed by atoms with Gasteiger partial charge in [0.15, 0.2) is 0 Å². The Kier molecular flexibility index (Phi) is 4.54. The second kappa shape index (κ2) is 5.46. The summed E-state index contributed by atoms with van der Waals surface area (Å²) in [5, 5.41) is 2.97. The van der Waals surface area contributed by atoms with Gasteiger partial charge in [0, 0.05) is 0 Å². The van der Waals surface area contributed by atoms with Crippen molar-refractivity contribution in [2.45, 2.75) is 0 Å². The van der Waals surface area contributed by atoms with Gasteiger partial charge >= 0.3 is 0 Å². The van der Waals surface area contributed by atoms with E-state index in [4.69, 9.17) is 11.3 Å². The van der Waals surface area contributed by atoms with E-state index in [2.05, 4.69) is 27.1 Å². The predicted octanol–water partition coefficient (Wildman–Crippen LogP) is 0.302. The average Bonchev–Trinajstić information content (AvgIpc) is 1.97. The zero-order valence-electron chi connectivity index (χ0n) is 5.36. The van der Waals surface area contributed by atoms with Crippen LogP contribution in [0.3, 0.4) is 0 Å². The number of nitrogens with one attached hydrogen (secondary N) is 1. The summed E-state index contributed by atoms with van der Waals surface area (Å²) in [6.07, 6.45) is 1.57. The lowest BCUT2D eigenvalue weighted by Gasteiger charge is -1.89. The number of hydrogen-bond donors (Lipinski definition) is 2. The first-order chi connectivity index (χ1) is 4.81. The fourth-order valence-corrected chi connectivity index (χ4v) is 0.272. The van der Waals surface area contributed by atoms with Crippen LogP contribution < -0.4 is 11.2 Å². The number of hydrogen-bond acceptors (Lipinski definition) is 2. The molecule has 3 N–H and O–H groups in total. The van der Waals surface area contributed by atoms with Crippen LogP contribution in [0.4, 0.5) is 0 Å². The molecule has 0 aromatic carbocycles. The van der Waals surface area contributed by atoms with Gasteiger partial charge in [-0.2, -0.15) is 10.3 Å². The molecule has 0 atom stereocenters. The molecule has 0 saturated carbocycles. The van der Waals surface area contributed by atoms with E-state index in [9.17, 15) is 0 Å². The highest BCUT2D eigenvalue weighted by atomic mass is 15.5. The zero-order valence-corrected chi connectivity index (χ0v) is 5.36. The Labute approximate surface area is 58.0 Å². The molecule has 0 amide bonds. The molecule has 0 aromatic rings. The van der Waals surface area contributed by atoms with E-state index in [0.29, 0.717) is 6.54 Å². The summed E-state index contributed by atoms with van der Waals surface area (Å²) < 4.78 is 0. The van der Waals surface area contributed by atoms with Gasteiger partial charge in [-0.25, -0.2) is 4.99 Å². The topological polar surface area (TPSA) is 99.2 Å². The van der Waals surface area contributed by atoms with E-state index >= 15 is 0 Å². The van der Waals surface area contributed by atoms with Gasteiger partial charge < -0.3 is 5.73 Å². The van der Waals surface area contributed by atoms with Crippen LogP contribution in [0.1, 0.15) is 0 Å². The van der Waals surface area contributed by atoms with Crippen LogP contribution in [0.25, 0.3) is 10.4 Å². The molecule has 6 nitrogen and oxygen atoms in total. The van der Waals surface area contributed by atoms with Crippen molar-refractivity contribution >= 4 is 5.96 Å². The van der Waals surface area contributed by atoms with Crippen molar-refractivity contribution in [3.63, 3.8) is 0 Å². The Balaban J connectivity index is 3.69. The van der Waals surface area contributed by atoms with Crippen LogP contribution in [-0.4, -0.2) is 12.5 Å². The summed E-state index contributed by atoms with van der Waals surface area (Å²) in [5.41, 5.74) is 15.1. The van der Waals surface area contributed by atoms with E-state index in [-0.39, 0.29) is 5.96 Å². The third-order valence-corrected chi connectivity index (χ3v) is 0.600. The molecular weight excluding hydrogens is 132 g/mol. The maximum atomic E-state index is 7.81. The van der Waals surface area contributed by atoms with E-state index in [1.54, 1.807) is 6.08 Å². The van der Waals surface area contributed by atoms with Crippen molar-refractivity contribution in [1.82, 2.24) is 5.43 Å². The van der Waals surface area contributed by atoms with Crippen molar-refractivity contribution < 1.29 is 0 Å². The molecular formula is C4H8N6. The second-order valence-corrected chi connectivity index (χ2v) is 1.32. The summed E-state index contributed by atoms with van der Waals surface area (Å²) in [4.78, 5) is 6.09. The Bertz CT molecular complexity index is 176. The molecule has 6 heteroatoms. The molecule has 54 valence electrons. The standard InChI is InChI=1S/C4H8N6/c1-2-3-7-4(5)8-10-9-6/h2H,1,3H2,(H3,5,7,8). The Morgan fingerprint density at radius 1 is 1.90 bits per heavy atom. The molecule has 0 bridgehead atoms. The lowest BCUT2D eigenvalue weighted by molar-refractivity contribution is 0.971. The number of nitrogens with zero attached hydrogens (tertiary/aromatic N) is 4. The van der Waals surface area contributed by atoms with Crippen molar-refractivity contribution in [1.29, 1.82) is 0 Å². The summed E-state index contributed by atoms with van der Waals surface area (Å²) in [7, 11) is 0. The lowest BCUT2D eigenvalue weighted by Crippen LogP contribution is -2.26. The summed E-state index contributed by atoms with van der Waals surface area (Å²) in [6.45, 7) is 3.82. The zero-order chi connectivity index (χ0) is 7.82. The lowest BCUT2D eigenvalue weighted by atomic mass is 10.6. The summed E-state index contributed by atoms with van der Waals surface area (Å²) >= 11 is 0. The van der Waals surface area contributed by atoms with Gasteiger partial charge in [0.25, 0.3) is 5.96 Å². The first-order valence-corrected chi connectivity index (χ1v) is 2.52. The van der Waals surface area contributed by atoms with E-state index < -0.39 is 0 Å². The fourth-order valence-electron chi connectivity index (χ4n) is 0.272. The molecule has 0 unspecified atom stereocenters. The normalized spacial score (nSPS) is 9.80. The maximum Gasteiger partial charge on any atom is 0.288 e. The first kappa shape index (κ1) is 8.32. The van der Waals surface area contributed by atoms with Crippen LogP contribution in [0.2, 0.25) is 0 Å². The highest BCUT2D eigenvalue weighted by molar-refractivity contribution is 5.77. The molecule has 0 fully saturated rings. The minimum Gasteiger partial charge on any atom is -0.350 e. The largest absolute Gasteiger partial charge is 0.350 e. The third-order valence-electron chi connectivity index (χ3n) is 0.600. The molecule has 0 aliphatic rings. The number of nitrogens with two attached hydrogens (primary N) is 1. The van der Waals surface area contributed by atoms with Gasteiger partial charge in [0.05, 0.1) is 6.54 Å². The van der Waals surface area contributed by atoms with Gasteiger partial charge in [-0.05, 0) is 5.22 Å². The smallest absolute Gasteiger partial charge is 0.288 e. The van der Waals surface area contributed by atoms with Crippen molar-refractivity contribution in [2.24, 2.45) is 15.9 Å². The predicted molar refractivity (Wildman–Crippen MR) is 39.0 cm³/mol. The minimum absolute atomic E-state index is 0.0812.